The fraction of sp³-hybridized carbons (Fsp3) is 0.882. The number of hydrogen-bond acceptors (Lipinski definition) is 3. The molecule has 2 aliphatic carbocycles. The van der Waals surface area contributed by atoms with E-state index >= 15 is 0 Å². The van der Waals surface area contributed by atoms with Gasteiger partial charge in [-0.2, -0.15) is 0 Å². The summed E-state index contributed by atoms with van der Waals surface area (Å²) in [4.78, 5) is 25.8. The molecule has 4 heteroatoms. The SMILES string of the molecule is CC(=O)C(NC(=O)CN(C)CC1CC2CCC1C2)C(C)C. The van der Waals surface area contributed by atoms with Gasteiger partial charge in [0.2, 0.25) is 5.91 Å². The zero-order valence-electron chi connectivity index (χ0n) is 13.9. The van der Waals surface area contributed by atoms with E-state index in [0.717, 1.165) is 24.3 Å². The van der Waals surface area contributed by atoms with Crippen molar-refractivity contribution in [1.82, 2.24) is 10.2 Å². The standard InChI is InChI=1S/C17H30N2O2/c1-11(2)17(12(3)20)18-16(21)10-19(4)9-15-8-13-5-6-14(15)7-13/h11,13-15,17H,5-10H2,1-4H3,(H,18,21). The van der Waals surface area contributed by atoms with Gasteiger partial charge in [0.15, 0.2) is 5.78 Å². The fourth-order valence-electron chi connectivity index (χ4n) is 4.27. The Morgan fingerprint density at radius 3 is 2.43 bits per heavy atom. The van der Waals surface area contributed by atoms with Crippen LogP contribution < -0.4 is 5.32 Å². The quantitative estimate of drug-likeness (QED) is 0.782. The number of fused-ring (bicyclic) bond motifs is 2. The Hall–Kier alpha value is -0.900. The largest absolute Gasteiger partial charge is 0.345 e. The molecule has 0 aromatic carbocycles. The second kappa shape index (κ2) is 6.91. The van der Waals surface area contributed by atoms with E-state index in [9.17, 15) is 9.59 Å². The third-order valence-electron chi connectivity index (χ3n) is 5.27. The van der Waals surface area contributed by atoms with Crippen molar-refractivity contribution in [3.63, 3.8) is 0 Å². The predicted octanol–water partition coefficient (Wildman–Crippen LogP) is 2.08. The summed E-state index contributed by atoms with van der Waals surface area (Å²) in [5, 5.41) is 2.88. The minimum absolute atomic E-state index is 0.0328. The van der Waals surface area contributed by atoms with Gasteiger partial charge in [-0.05, 0) is 56.9 Å². The van der Waals surface area contributed by atoms with Crippen molar-refractivity contribution in [3.05, 3.63) is 0 Å². The summed E-state index contributed by atoms with van der Waals surface area (Å²) in [5.41, 5.74) is 0. The average molecular weight is 294 g/mol. The number of likely N-dealkylation sites (N-methyl/N-ethyl adjacent to an activating group) is 1. The summed E-state index contributed by atoms with van der Waals surface area (Å²) < 4.78 is 0. The Balaban J connectivity index is 1.75. The Labute approximate surface area is 128 Å². The van der Waals surface area contributed by atoms with Gasteiger partial charge in [0.05, 0.1) is 12.6 Å². The molecule has 1 N–H and O–H groups in total. The summed E-state index contributed by atoms with van der Waals surface area (Å²) in [6, 6.07) is -0.353. The molecule has 2 aliphatic rings. The number of nitrogens with one attached hydrogen (secondary N) is 1. The molecule has 0 heterocycles. The lowest BCUT2D eigenvalue weighted by atomic mass is 9.88. The van der Waals surface area contributed by atoms with Crippen molar-refractivity contribution in [2.75, 3.05) is 20.1 Å². The van der Waals surface area contributed by atoms with E-state index in [1.54, 1.807) is 6.92 Å². The number of hydrogen-bond donors (Lipinski definition) is 1. The lowest BCUT2D eigenvalue weighted by Gasteiger charge is -2.27. The van der Waals surface area contributed by atoms with E-state index in [0.29, 0.717) is 6.54 Å². The van der Waals surface area contributed by atoms with Crippen molar-refractivity contribution in [2.45, 2.75) is 52.5 Å². The highest BCUT2D eigenvalue weighted by molar-refractivity contribution is 5.88. The van der Waals surface area contributed by atoms with E-state index in [1.807, 2.05) is 20.9 Å². The zero-order valence-corrected chi connectivity index (χ0v) is 13.9. The van der Waals surface area contributed by atoms with Gasteiger partial charge >= 0.3 is 0 Å². The van der Waals surface area contributed by atoms with E-state index in [4.69, 9.17) is 0 Å². The molecule has 2 saturated carbocycles. The molecule has 4 atom stereocenters. The molecule has 2 rings (SSSR count). The zero-order chi connectivity index (χ0) is 15.6. The number of amides is 1. The van der Waals surface area contributed by atoms with Crippen LogP contribution in [0.1, 0.15) is 46.5 Å². The number of carbonyl (C=O) groups excluding carboxylic acids is 2. The van der Waals surface area contributed by atoms with E-state index < -0.39 is 0 Å². The normalized spacial score (nSPS) is 29.1. The minimum atomic E-state index is -0.353. The maximum atomic E-state index is 12.1. The molecule has 0 radical (unpaired) electrons. The lowest BCUT2D eigenvalue weighted by Crippen LogP contribution is -2.47. The van der Waals surface area contributed by atoms with Gasteiger partial charge in [-0.15, -0.1) is 0 Å². The second-order valence-corrected chi connectivity index (χ2v) is 7.53. The maximum Gasteiger partial charge on any atom is 0.234 e. The average Bonchev–Trinajstić information content (AvgIpc) is 2.97. The summed E-state index contributed by atoms with van der Waals surface area (Å²) in [6.45, 7) is 6.88. The summed E-state index contributed by atoms with van der Waals surface area (Å²) in [6.07, 6.45) is 5.55. The van der Waals surface area contributed by atoms with Gasteiger partial charge in [-0.3, -0.25) is 14.5 Å². The first kappa shape index (κ1) is 16.5. The third kappa shape index (κ3) is 4.29. The Kier molecular flexibility index (Phi) is 5.42. The van der Waals surface area contributed by atoms with Gasteiger partial charge in [0.1, 0.15) is 0 Å². The van der Waals surface area contributed by atoms with Crippen LogP contribution in [-0.4, -0.2) is 42.8 Å². The molecular formula is C17H30N2O2. The molecule has 0 spiro atoms. The summed E-state index contributed by atoms with van der Waals surface area (Å²) in [7, 11) is 2.02. The van der Waals surface area contributed by atoms with Crippen molar-refractivity contribution in [2.24, 2.45) is 23.7 Å². The van der Waals surface area contributed by atoms with Gasteiger partial charge < -0.3 is 5.32 Å². The predicted molar refractivity (Wildman–Crippen MR) is 83.9 cm³/mol. The molecule has 0 aromatic rings. The number of rotatable bonds is 7. The molecule has 21 heavy (non-hydrogen) atoms. The number of carbonyl (C=O) groups is 2. The van der Waals surface area contributed by atoms with Crippen LogP contribution >= 0.6 is 0 Å². The fourth-order valence-corrected chi connectivity index (χ4v) is 4.27. The van der Waals surface area contributed by atoms with Crippen molar-refractivity contribution >= 4 is 11.7 Å². The van der Waals surface area contributed by atoms with Crippen LogP contribution in [0.5, 0.6) is 0 Å². The highest BCUT2D eigenvalue weighted by atomic mass is 16.2. The van der Waals surface area contributed by atoms with Crippen LogP contribution in [0, 0.1) is 23.7 Å². The number of Topliss-reactive ketones (excluding diaryl/α,β-unsaturated/α-hetero) is 1. The van der Waals surface area contributed by atoms with E-state index in [1.165, 1.54) is 25.7 Å². The number of ketones is 1. The molecule has 0 saturated heterocycles. The first-order valence-electron chi connectivity index (χ1n) is 8.35. The van der Waals surface area contributed by atoms with Crippen LogP contribution in [0.25, 0.3) is 0 Å². The Morgan fingerprint density at radius 2 is 1.95 bits per heavy atom. The van der Waals surface area contributed by atoms with Crippen LogP contribution in [-0.2, 0) is 9.59 Å². The first-order valence-corrected chi connectivity index (χ1v) is 8.35. The third-order valence-corrected chi connectivity index (χ3v) is 5.27. The van der Waals surface area contributed by atoms with Crippen LogP contribution in [0.4, 0.5) is 0 Å². The molecule has 4 nitrogen and oxygen atoms in total. The highest BCUT2D eigenvalue weighted by Gasteiger charge is 2.39. The Morgan fingerprint density at radius 1 is 1.24 bits per heavy atom. The van der Waals surface area contributed by atoms with Crippen molar-refractivity contribution in [3.8, 4) is 0 Å². The van der Waals surface area contributed by atoms with Crippen molar-refractivity contribution in [1.29, 1.82) is 0 Å². The Bertz CT molecular complexity index is 394. The summed E-state index contributed by atoms with van der Waals surface area (Å²) >= 11 is 0. The first-order chi connectivity index (χ1) is 9.86. The van der Waals surface area contributed by atoms with E-state index in [-0.39, 0.29) is 23.7 Å². The molecular weight excluding hydrogens is 264 g/mol. The maximum absolute atomic E-state index is 12.1. The smallest absolute Gasteiger partial charge is 0.234 e. The minimum Gasteiger partial charge on any atom is -0.345 e. The van der Waals surface area contributed by atoms with Gasteiger partial charge in [0, 0.05) is 6.54 Å². The monoisotopic (exact) mass is 294 g/mol. The lowest BCUT2D eigenvalue weighted by molar-refractivity contribution is -0.128. The molecule has 1 amide bonds. The molecule has 0 aliphatic heterocycles. The molecule has 0 aromatic heterocycles. The topological polar surface area (TPSA) is 49.4 Å². The van der Waals surface area contributed by atoms with Gasteiger partial charge in [0.25, 0.3) is 0 Å². The summed E-state index contributed by atoms with van der Waals surface area (Å²) in [5.74, 6) is 2.76. The molecule has 2 bridgehead atoms. The molecule has 2 fully saturated rings. The van der Waals surface area contributed by atoms with Crippen LogP contribution in [0.15, 0.2) is 0 Å². The second-order valence-electron chi connectivity index (χ2n) is 7.53. The molecule has 4 unspecified atom stereocenters. The highest BCUT2D eigenvalue weighted by Crippen LogP contribution is 2.48. The van der Waals surface area contributed by atoms with E-state index in [2.05, 4.69) is 10.2 Å². The van der Waals surface area contributed by atoms with Crippen LogP contribution in [0.2, 0.25) is 0 Å². The van der Waals surface area contributed by atoms with Crippen LogP contribution in [0.3, 0.4) is 0 Å². The number of nitrogens with zero attached hydrogens (tertiary/aromatic N) is 1. The van der Waals surface area contributed by atoms with Gasteiger partial charge in [-0.25, -0.2) is 0 Å². The van der Waals surface area contributed by atoms with Gasteiger partial charge in [-0.1, -0.05) is 20.3 Å². The van der Waals surface area contributed by atoms with Crippen molar-refractivity contribution < 1.29 is 9.59 Å². The molecule has 120 valence electrons.